The average molecular weight is 383 g/mol. The van der Waals surface area contributed by atoms with Crippen molar-refractivity contribution < 1.29 is 19.4 Å². The summed E-state index contributed by atoms with van der Waals surface area (Å²) in [5.41, 5.74) is 0. The molecule has 0 spiro atoms. The fourth-order valence-electron chi connectivity index (χ4n) is 3.20. The molecule has 0 aromatic rings. The molecule has 0 amide bonds. The molecule has 27 heavy (non-hydrogen) atoms. The Hall–Kier alpha value is -1.32. The molecule has 4 nitrogen and oxygen atoms in total. The van der Waals surface area contributed by atoms with E-state index in [4.69, 9.17) is 4.74 Å². The zero-order valence-corrected chi connectivity index (χ0v) is 17.7. The van der Waals surface area contributed by atoms with Gasteiger partial charge in [-0.1, -0.05) is 83.3 Å². The van der Waals surface area contributed by atoms with E-state index in [0.29, 0.717) is 13.0 Å². The highest BCUT2D eigenvalue weighted by Crippen LogP contribution is 2.17. The van der Waals surface area contributed by atoms with Gasteiger partial charge in [0.15, 0.2) is 0 Å². The maximum atomic E-state index is 11.6. The SMILES string of the molecule is C/C=C/CCCCCCCCCCCCCC(CC(=O)OCCC)C(=O)O. The van der Waals surface area contributed by atoms with Gasteiger partial charge in [0, 0.05) is 0 Å². The zero-order chi connectivity index (χ0) is 20.2. The van der Waals surface area contributed by atoms with Gasteiger partial charge in [-0.3, -0.25) is 9.59 Å². The Kier molecular flexibility index (Phi) is 18.5. The number of ether oxygens (including phenoxy) is 1. The summed E-state index contributed by atoms with van der Waals surface area (Å²) in [6.07, 6.45) is 20.6. The first-order chi connectivity index (χ1) is 13.1. The largest absolute Gasteiger partial charge is 0.481 e. The number of carboxylic acids is 1. The van der Waals surface area contributed by atoms with Crippen LogP contribution < -0.4 is 0 Å². The van der Waals surface area contributed by atoms with E-state index >= 15 is 0 Å². The molecule has 0 fully saturated rings. The molecule has 0 aliphatic rings. The highest BCUT2D eigenvalue weighted by molar-refractivity contribution is 5.78. The first kappa shape index (κ1) is 25.7. The molecule has 0 heterocycles. The molecular formula is C23H42O4. The lowest BCUT2D eigenvalue weighted by Gasteiger charge is -2.11. The van der Waals surface area contributed by atoms with Crippen LogP contribution in [0.2, 0.25) is 0 Å². The number of aliphatic carboxylic acids is 1. The Balaban J connectivity index is 3.49. The van der Waals surface area contributed by atoms with Crippen LogP contribution in [0.5, 0.6) is 0 Å². The van der Waals surface area contributed by atoms with Crippen LogP contribution in [0.4, 0.5) is 0 Å². The normalized spacial score (nSPS) is 12.4. The summed E-state index contributed by atoms with van der Waals surface area (Å²) in [6, 6.07) is 0. The lowest BCUT2D eigenvalue weighted by Crippen LogP contribution is -2.19. The van der Waals surface area contributed by atoms with Gasteiger partial charge in [-0.05, 0) is 32.6 Å². The van der Waals surface area contributed by atoms with E-state index in [2.05, 4.69) is 19.1 Å². The van der Waals surface area contributed by atoms with Crippen molar-refractivity contribution in [1.82, 2.24) is 0 Å². The molecule has 0 saturated heterocycles. The summed E-state index contributed by atoms with van der Waals surface area (Å²) >= 11 is 0. The number of carboxylic acid groups (broad SMARTS) is 1. The predicted octanol–water partition coefficient (Wildman–Crippen LogP) is 6.68. The minimum Gasteiger partial charge on any atom is -0.481 e. The Bertz CT molecular complexity index is 390. The highest BCUT2D eigenvalue weighted by Gasteiger charge is 2.21. The van der Waals surface area contributed by atoms with E-state index in [1.807, 2.05) is 6.92 Å². The van der Waals surface area contributed by atoms with Crippen molar-refractivity contribution in [3.8, 4) is 0 Å². The second-order valence-electron chi connectivity index (χ2n) is 7.50. The van der Waals surface area contributed by atoms with Crippen LogP contribution in [0.15, 0.2) is 12.2 Å². The van der Waals surface area contributed by atoms with Crippen molar-refractivity contribution in [2.24, 2.45) is 5.92 Å². The minimum absolute atomic E-state index is 0.00403. The molecule has 1 unspecified atom stereocenters. The number of hydrogen-bond acceptors (Lipinski definition) is 3. The molecule has 0 aromatic heterocycles. The van der Waals surface area contributed by atoms with Gasteiger partial charge in [0.05, 0.1) is 18.9 Å². The third kappa shape index (κ3) is 17.8. The second-order valence-corrected chi connectivity index (χ2v) is 7.50. The number of carbonyl (C=O) groups excluding carboxylic acids is 1. The number of esters is 1. The minimum atomic E-state index is -0.880. The molecule has 0 aliphatic carbocycles. The molecule has 1 N–H and O–H groups in total. The van der Waals surface area contributed by atoms with Crippen LogP contribution in [0.25, 0.3) is 0 Å². The van der Waals surface area contributed by atoms with Crippen LogP contribution in [-0.4, -0.2) is 23.7 Å². The molecule has 0 aromatic carbocycles. The van der Waals surface area contributed by atoms with Gasteiger partial charge in [-0.15, -0.1) is 0 Å². The van der Waals surface area contributed by atoms with E-state index < -0.39 is 11.9 Å². The Morgan fingerprint density at radius 2 is 1.41 bits per heavy atom. The molecule has 4 heteroatoms. The Morgan fingerprint density at radius 3 is 1.89 bits per heavy atom. The fourth-order valence-corrected chi connectivity index (χ4v) is 3.20. The second kappa shape index (κ2) is 19.4. The fraction of sp³-hybridized carbons (Fsp3) is 0.826. The molecule has 0 bridgehead atoms. The molecule has 1 atom stereocenters. The number of carbonyl (C=O) groups is 2. The van der Waals surface area contributed by atoms with E-state index in [1.165, 1.54) is 57.8 Å². The summed E-state index contributed by atoms with van der Waals surface area (Å²) in [6.45, 7) is 4.38. The number of hydrogen-bond donors (Lipinski definition) is 1. The zero-order valence-electron chi connectivity index (χ0n) is 17.7. The van der Waals surface area contributed by atoms with Crippen molar-refractivity contribution in [2.45, 2.75) is 110 Å². The summed E-state index contributed by atoms with van der Waals surface area (Å²) in [7, 11) is 0. The summed E-state index contributed by atoms with van der Waals surface area (Å²) in [5, 5.41) is 9.24. The van der Waals surface area contributed by atoms with Crippen molar-refractivity contribution in [1.29, 1.82) is 0 Å². The van der Waals surface area contributed by atoms with Gasteiger partial charge in [-0.2, -0.15) is 0 Å². The third-order valence-electron chi connectivity index (χ3n) is 4.89. The van der Waals surface area contributed by atoms with Crippen LogP contribution in [0.1, 0.15) is 110 Å². The summed E-state index contributed by atoms with van der Waals surface area (Å²) < 4.78 is 4.99. The summed E-state index contributed by atoms with van der Waals surface area (Å²) in [4.78, 5) is 22.8. The molecule has 0 aliphatic heterocycles. The Morgan fingerprint density at radius 1 is 0.889 bits per heavy atom. The van der Waals surface area contributed by atoms with Gasteiger partial charge in [0.2, 0.25) is 0 Å². The standard InChI is InChI=1S/C23H42O4/c1-3-5-6-7-8-9-10-11-12-13-14-15-16-17-18-21(23(25)26)20-22(24)27-19-4-2/h3,5,21H,4,6-20H2,1-2H3,(H,25,26)/b5-3+. The lowest BCUT2D eigenvalue weighted by molar-refractivity contribution is -0.151. The van der Waals surface area contributed by atoms with Crippen LogP contribution >= 0.6 is 0 Å². The highest BCUT2D eigenvalue weighted by atomic mass is 16.5. The first-order valence-corrected chi connectivity index (χ1v) is 11.1. The quantitative estimate of drug-likeness (QED) is 0.154. The van der Waals surface area contributed by atoms with E-state index in [9.17, 15) is 14.7 Å². The van der Waals surface area contributed by atoms with Crippen LogP contribution in [0, 0.1) is 5.92 Å². The molecule has 0 rings (SSSR count). The van der Waals surface area contributed by atoms with Gasteiger partial charge < -0.3 is 9.84 Å². The van der Waals surface area contributed by atoms with Gasteiger partial charge in [0.1, 0.15) is 0 Å². The van der Waals surface area contributed by atoms with Crippen molar-refractivity contribution >= 4 is 11.9 Å². The van der Waals surface area contributed by atoms with Crippen LogP contribution in [0.3, 0.4) is 0 Å². The van der Waals surface area contributed by atoms with Gasteiger partial charge >= 0.3 is 11.9 Å². The van der Waals surface area contributed by atoms with Crippen molar-refractivity contribution in [3.63, 3.8) is 0 Å². The van der Waals surface area contributed by atoms with Crippen molar-refractivity contribution in [3.05, 3.63) is 12.2 Å². The van der Waals surface area contributed by atoms with E-state index in [1.54, 1.807) is 0 Å². The summed E-state index contributed by atoms with van der Waals surface area (Å²) in [5.74, 6) is -1.86. The first-order valence-electron chi connectivity index (χ1n) is 11.1. The van der Waals surface area contributed by atoms with E-state index in [-0.39, 0.29) is 12.4 Å². The Labute approximate surface area is 166 Å². The molecule has 0 saturated carbocycles. The molecular weight excluding hydrogens is 340 g/mol. The predicted molar refractivity (Wildman–Crippen MR) is 112 cm³/mol. The number of rotatable bonds is 19. The number of allylic oxidation sites excluding steroid dienone is 2. The average Bonchev–Trinajstić information content (AvgIpc) is 2.65. The maximum Gasteiger partial charge on any atom is 0.307 e. The maximum absolute atomic E-state index is 11.6. The molecule has 158 valence electrons. The van der Waals surface area contributed by atoms with E-state index in [0.717, 1.165) is 25.7 Å². The van der Waals surface area contributed by atoms with Crippen molar-refractivity contribution in [2.75, 3.05) is 6.61 Å². The third-order valence-corrected chi connectivity index (χ3v) is 4.89. The number of unbranched alkanes of at least 4 members (excludes halogenated alkanes) is 11. The topological polar surface area (TPSA) is 63.6 Å². The molecule has 0 radical (unpaired) electrons. The smallest absolute Gasteiger partial charge is 0.307 e. The van der Waals surface area contributed by atoms with Gasteiger partial charge in [-0.25, -0.2) is 0 Å². The lowest BCUT2D eigenvalue weighted by atomic mass is 9.97. The van der Waals surface area contributed by atoms with Gasteiger partial charge in [0.25, 0.3) is 0 Å². The van der Waals surface area contributed by atoms with Crippen LogP contribution in [-0.2, 0) is 14.3 Å². The monoisotopic (exact) mass is 382 g/mol.